The van der Waals surface area contributed by atoms with Crippen LogP contribution >= 0.6 is 0 Å². The first-order valence-corrected chi connectivity index (χ1v) is 4.50. The summed E-state index contributed by atoms with van der Waals surface area (Å²) in [5.41, 5.74) is 2.56. The Balaban J connectivity index is 2.31. The molecule has 0 aliphatic carbocycles. The van der Waals surface area contributed by atoms with E-state index in [1.165, 1.54) is 6.33 Å². The maximum Gasteiger partial charge on any atom is 0.181 e. The Labute approximate surface area is 85.5 Å². The van der Waals surface area contributed by atoms with Crippen molar-refractivity contribution in [2.24, 2.45) is 0 Å². The zero-order valence-electron chi connectivity index (χ0n) is 7.78. The smallest absolute Gasteiger partial charge is 0.181 e. The fraction of sp³-hybridized carbons (Fsp3) is 0. The van der Waals surface area contributed by atoms with E-state index in [2.05, 4.69) is 20.1 Å². The lowest BCUT2D eigenvalue weighted by atomic mass is 10.2. The molecule has 0 aromatic carbocycles. The Morgan fingerprint density at radius 1 is 1.00 bits per heavy atom. The Hall–Kier alpha value is -2.30. The zero-order valence-corrected chi connectivity index (χ0v) is 7.78. The van der Waals surface area contributed by atoms with Gasteiger partial charge in [0.2, 0.25) is 0 Å². The van der Waals surface area contributed by atoms with Crippen molar-refractivity contribution in [1.82, 2.24) is 24.6 Å². The molecule has 0 spiro atoms. The van der Waals surface area contributed by atoms with Crippen LogP contribution in [0.15, 0.2) is 43.2 Å². The van der Waals surface area contributed by atoms with Crippen molar-refractivity contribution in [3.8, 4) is 11.3 Å². The van der Waals surface area contributed by atoms with Crippen LogP contribution in [0, 0.1) is 0 Å². The molecule has 5 nitrogen and oxygen atoms in total. The second-order valence-electron chi connectivity index (χ2n) is 3.04. The summed E-state index contributed by atoms with van der Waals surface area (Å²) < 4.78 is 1.70. The molecule has 0 fully saturated rings. The van der Waals surface area contributed by atoms with Crippen LogP contribution in [0.3, 0.4) is 0 Å². The largest absolute Gasteiger partial charge is 0.265 e. The first-order valence-electron chi connectivity index (χ1n) is 4.50. The highest BCUT2D eigenvalue weighted by atomic mass is 15.3. The van der Waals surface area contributed by atoms with Crippen LogP contribution < -0.4 is 0 Å². The summed E-state index contributed by atoms with van der Waals surface area (Å²) in [5.74, 6) is 0. The van der Waals surface area contributed by atoms with Gasteiger partial charge in [-0.05, 0) is 12.1 Å². The zero-order chi connectivity index (χ0) is 10.1. The maximum absolute atomic E-state index is 4.30. The molecule has 0 saturated heterocycles. The standard InChI is InChI=1S/C10H7N5/c1-3-11-4-2-8(1)9-10-13-7-14-15(10)6-5-12-9/h1-7H. The number of rotatable bonds is 1. The van der Waals surface area contributed by atoms with E-state index in [0.29, 0.717) is 0 Å². The first-order chi connectivity index (χ1) is 7.45. The van der Waals surface area contributed by atoms with Gasteiger partial charge in [-0.3, -0.25) is 9.97 Å². The molecule has 0 bridgehead atoms. The summed E-state index contributed by atoms with van der Waals surface area (Å²) in [6, 6.07) is 3.80. The van der Waals surface area contributed by atoms with Crippen molar-refractivity contribution in [3.05, 3.63) is 43.2 Å². The van der Waals surface area contributed by atoms with Gasteiger partial charge in [-0.2, -0.15) is 5.10 Å². The van der Waals surface area contributed by atoms with Gasteiger partial charge in [0, 0.05) is 30.4 Å². The Morgan fingerprint density at radius 3 is 2.73 bits per heavy atom. The highest BCUT2D eigenvalue weighted by molar-refractivity contribution is 5.72. The highest BCUT2D eigenvalue weighted by Crippen LogP contribution is 2.18. The Kier molecular flexibility index (Phi) is 1.68. The van der Waals surface area contributed by atoms with Crippen LogP contribution in [0.1, 0.15) is 0 Å². The molecule has 0 N–H and O–H groups in total. The van der Waals surface area contributed by atoms with E-state index in [1.54, 1.807) is 29.3 Å². The number of aromatic nitrogens is 5. The van der Waals surface area contributed by atoms with E-state index in [1.807, 2.05) is 12.1 Å². The fourth-order valence-electron chi connectivity index (χ4n) is 1.47. The fourth-order valence-corrected chi connectivity index (χ4v) is 1.47. The second-order valence-corrected chi connectivity index (χ2v) is 3.04. The summed E-state index contributed by atoms with van der Waals surface area (Å²) in [7, 11) is 0. The SMILES string of the molecule is c1cc(-c2nccn3ncnc23)ccn1. The lowest BCUT2D eigenvalue weighted by Gasteiger charge is -2.00. The van der Waals surface area contributed by atoms with Gasteiger partial charge in [0.25, 0.3) is 0 Å². The topological polar surface area (TPSA) is 56.0 Å². The first kappa shape index (κ1) is 8.05. The average Bonchev–Trinajstić information content (AvgIpc) is 2.78. The molecular weight excluding hydrogens is 190 g/mol. The van der Waals surface area contributed by atoms with E-state index < -0.39 is 0 Å². The lowest BCUT2D eigenvalue weighted by Crippen LogP contribution is -1.92. The molecule has 0 atom stereocenters. The number of fused-ring (bicyclic) bond motifs is 1. The molecule has 0 unspecified atom stereocenters. The van der Waals surface area contributed by atoms with Crippen molar-refractivity contribution in [1.29, 1.82) is 0 Å². The van der Waals surface area contributed by atoms with E-state index in [4.69, 9.17) is 0 Å². The van der Waals surface area contributed by atoms with Gasteiger partial charge in [0.15, 0.2) is 5.65 Å². The van der Waals surface area contributed by atoms with Gasteiger partial charge >= 0.3 is 0 Å². The highest BCUT2D eigenvalue weighted by Gasteiger charge is 2.06. The molecule has 72 valence electrons. The van der Waals surface area contributed by atoms with Crippen LogP contribution in [0.25, 0.3) is 16.9 Å². The number of nitrogens with zero attached hydrogens (tertiary/aromatic N) is 5. The predicted molar refractivity (Wildman–Crippen MR) is 54.0 cm³/mol. The molecule has 0 aliphatic heterocycles. The molecule has 5 heteroatoms. The summed E-state index contributed by atoms with van der Waals surface area (Å²) in [4.78, 5) is 12.4. The van der Waals surface area contributed by atoms with Crippen molar-refractivity contribution in [3.63, 3.8) is 0 Å². The van der Waals surface area contributed by atoms with Crippen LogP contribution in [0.5, 0.6) is 0 Å². The van der Waals surface area contributed by atoms with Crippen LogP contribution in [-0.2, 0) is 0 Å². The molecule has 3 rings (SSSR count). The van der Waals surface area contributed by atoms with Gasteiger partial charge in [-0.1, -0.05) is 0 Å². The lowest BCUT2D eigenvalue weighted by molar-refractivity contribution is 0.948. The van der Waals surface area contributed by atoms with Crippen molar-refractivity contribution >= 4 is 5.65 Å². The molecule has 3 heterocycles. The van der Waals surface area contributed by atoms with Gasteiger partial charge in [-0.15, -0.1) is 0 Å². The summed E-state index contributed by atoms with van der Waals surface area (Å²) in [5, 5.41) is 4.05. The summed E-state index contributed by atoms with van der Waals surface area (Å²) in [6.07, 6.45) is 8.46. The van der Waals surface area contributed by atoms with Crippen LogP contribution in [-0.4, -0.2) is 24.6 Å². The van der Waals surface area contributed by atoms with Gasteiger partial charge < -0.3 is 0 Å². The van der Waals surface area contributed by atoms with Gasteiger partial charge in [0.05, 0.1) is 0 Å². The molecular formula is C10H7N5. The van der Waals surface area contributed by atoms with Crippen molar-refractivity contribution < 1.29 is 0 Å². The number of hydrogen-bond donors (Lipinski definition) is 0. The average molecular weight is 197 g/mol. The minimum Gasteiger partial charge on any atom is -0.265 e. The number of hydrogen-bond acceptors (Lipinski definition) is 4. The van der Waals surface area contributed by atoms with Crippen molar-refractivity contribution in [2.75, 3.05) is 0 Å². The third kappa shape index (κ3) is 1.25. The monoisotopic (exact) mass is 197 g/mol. The Morgan fingerprint density at radius 2 is 1.87 bits per heavy atom. The number of pyridine rings is 1. The van der Waals surface area contributed by atoms with Crippen LogP contribution in [0.2, 0.25) is 0 Å². The second kappa shape index (κ2) is 3.13. The normalized spacial score (nSPS) is 10.7. The minimum atomic E-state index is 0.753. The summed E-state index contributed by atoms with van der Waals surface area (Å²) in [6.45, 7) is 0. The third-order valence-corrected chi connectivity index (χ3v) is 2.15. The van der Waals surface area contributed by atoms with Crippen molar-refractivity contribution in [2.45, 2.75) is 0 Å². The molecule has 15 heavy (non-hydrogen) atoms. The van der Waals surface area contributed by atoms with Gasteiger partial charge in [-0.25, -0.2) is 9.50 Å². The van der Waals surface area contributed by atoms with Crippen LogP contribution in [0.4, 0.5) is 0 Å². The van der Waals surface area contributed by atoms with E-state index in [0.717, 1.165) is 16.9 Å². The summed E-state index contributed by atoms with van der Waals surface area (Å²) >= 11 is 0. The van der Waals surface area contributed by atoms with E-state index in [-0.39, 0.29) is 0 Å². The maximum atomic E-state index is 4.30. The molecule has 0 aliphatic rings. The molecule has 0 amide bonds. The minimum absolute atomic E-state index is 0.753. The molecule has 3 aromatic rings. The quantitative estimate of drug-likeness (QED) is 0.588. The van der Waals surface area contributed by atoms with E-state index in [9.17, 15) is 0 Å². The Bertz CT molecular complexity index is 587. The predicted octanol–water partition coefficient (Wildman–Crippen LogP) is 1.19. The molecule has 3 aromatic heterocycles. The third-order valence-electron chi connectivity index (χ3n) is 2.15. The molecule has 0 radical (unpaired) electrons. The van der Waals surface area contributed by atoms with Gasteiger partial charge in [0.1, 0.15) is 12.0 Å². The molecule has 0 saturated carbocycles. The van der Waals surface area contributed by atoms with E-state index >= 15 is 0 Å².